The lowest BCUT2D eigenvalue weighted by Gasteiger charge is -2.30. The van der Waals surface area contributed by atoms with Crippen molar-refractivity contribution in [1.29, 1.82) is 0 Å². The van der Waals surface area contributed by atoms with Crippen molar-refractivity contribution in [3.8, 4) is 0 Å². The van der Waals surface area contributed by atoms with Crippen molar-refractivity contribution in [1.82, 2.24) is 10.3 Å². The zero-order valence-electron chi connectivity index (χ0n) is 16.9. The molecule has 156 valence electrons. The fourth-order valence-corrected chi connectivity index (χ4v) is 4.84. The van der Waals surface area contributed by atoms with Crippen molar-refractivity contribution >= 4 is 28.3 Å². The molecule has 3 aromatic rings. The summed E-state index contributed by atoms with van der Waals surface area (Å²) in [6.07, 6.45) is 6.25. The van der Waals surface area contributed by atoms with Gasteiger partial charge >= 0.3 is 0 Å². The van der Waals surface area contributed by atoms with Gasteiger partial charge in [-0.25, -0.2) is 4.98 Å². The monoisotopic (exact) mass is 423 g/mol. The molecule has 0 atom stereocenters. The Labute approximate surface area is 179 Å². The van der Waals surface area contributed by atoms with E-state index in [0.717, 1.165) is 12.8 Å². The average Bonchev–Trinajstić information content (AvgIpc) is 3.49. The van der Waals surface area contributed by atoms with Gasteiger partial charge in [0.2, 0.25) is 5.91 Å². The number of benzene rings is 1. The van der Waals surface area contributed by atoms with Crippen LogP contribution >= 0.6 is 11.3 Å². The number of amides is 2. The van der Waals surface area contributed by atoms with Crippen LogP contribution in [-0.2, 0) is 16.6 Å². The number of nitrogens with zero attached hydrogens (tertiary/aromatic N) is 1. The Bertz CT molecular complexity index is 1020. The predicted molar refractivity (Wildman–Crippen MR) is 117 cm³/mol. The number of carbonyl (C=O) groups excluding carboxylic acids is 2. The highest BCUT2D eigenvalue weighted by atomic mass is 32.1. The van der Waals surface area contributed by atoms with Crippen LogP contribution in [0.4, 0.5) is 5.13 Å². The Morgan fingerprint density at radius 1 is 1.17 bits per heavy atom. The highest BCUT2D eigenvalue weighted by molar-refractivity contribution is 7.14. The van der Waals surface area contributed by atoms with Gasteiger partial charge in [0.05, 0.1) is 23.9 Å². The van der Waals surface area contributed by atoms with E-state index in [1.807, 2.05) is 6.07 Å². The van der Waals surface area contributed by atoms with Gasteiger partial charge in [-0.1, -0.05) is 43.2 Å². The predicted octanol–water partition coefficient (Wildman–Crippen LogP) is 4.47. The molecule has 1 fully saturated rings. The second-order valence-electron chi connectivity index (χ2n) is 7.80. The normalized spacial score (nSPS) is 15.1. The number of thiazole rings is 1. The van der Waals surface area contributed by atoms with Gasteiger partial charge in [0.25, 0.3) is 5.91 Å². The van der Waals surface area contributed by atoms with E-state index in [1.54, 1.807) is 18.4 Å². The van der Waals surface area contributed by atoms with E-state index in [0.29, 0.717) is 28.7 Å². The lowest BCUT2D eigenvalue weighted by Crippen LogP contribution is -2.39. The zero-order valence-corrected chi connectivity index (χ0v) is 17.8. The fourth-order valence-electron chi connectivity index (χ4n) is 4.14. The van der Waals surface area contributed by atoms with Crippen molar-refractivity contribution in [2.45, 2.75) is 44.4 Å². The second-order valence-corrected chi connectivity index (χ2v) is 8.65. The van der Waals surface area contributed by atoms with E-state index in [4.69, 9.17) is 4.42 Å². The first-order valence-electron chi connectivity index (χ1n) is 10.2. The summed E-state index contributed by atoms with van der Waals surface area (Å²) in [6, 6.07) is 12.1. The van der Waals surface area contributed by atoms with Gasteiger partial charge in [-0.15, -0.1) is 11.3 Å². The minimum Gasteiger partial charge on any atom is -0.469 e. The van der Waals surface area contributed by atoms with Crippen LogP contribution in [0.5, 0.6) is 0 Å². The summed E-state index contributed by atoms with van der Waals surface area (Å²) < 4.78 is 5.16. The van der Waals surface area contributed by atoms with Crippen LogP contribution in [0.3, 0.4) is 0 Å². The average molecular weight is 424 g/mol. The van der Waals surface area contributed by atoms with E-state index in [9.17, 15) is 9.59 Å². The summed E-state index contributed by atoms with van der Waals surface area (Å²) in [4.78, 5) is 29.2. The van der Waals surface area contributed by atoms with Crippen molar-refractivity contribution in [3.05, 3.63) is 70.6 Å². The number of hydrogen-bond acceptors (Lipinski definition) is 5. The lowest BCUT2D eigenvalue weighted by atomic mass is 9.79. The van der Waals surface area contributed by atoms with Crippen LogP contribution in [0.2, 0.25) is 0 Å². The smallest absolute Gasteiger partial charge is 0.260 e. The topological polar surface area (TPSA) is 84.2 Å². The molecule has 0 aliphatic heterocycles. The highest BCUT2D eigenvalue weighted by Crippen LogP contribution is 2.40. The number of hydrogen-bond donors (Lipinski definition) is 2. The van der Waals surface area contributed by atoms with Crippen molar-refractivity contribution in [2.75, 3.05) is 11.9 Å². The summed E-state index contributed by atoms with van der Waals surface area (Å²) in [5.41, 5.74) is 2.46. The first-order chi connectivity index (χ1) is 14.6. The summed E-state index contributed by atoms with van der Waals surface area (Å²) in [7, 11) is 0. The van der Waals surface area contributed by atoms with Crippen LogP contribution in [0.15, 0.2) is 52.5 Å². The molecule has 0 spiro atoms. The summed E-state index contributed by atoms with van der Waals surface area (Å²) in [6.45, 7) is 2.38. The maximum Gasteiger partial charge on any atom is 0.260 e. The van der Waals surface area contributed by atoms with E-state index in [-0.39, 0.29) is 23.7 Å². The molecule has 1 saturated carbocycles. The number of rotatable bonds is 7. The molecule has 1 aliphatic rings. The second kappa shape index (κ2) is 8.83. The largest absolute Gasteiger partial charge is 0.469 e. The summed E-state index contributed by atoms with van der Waals surface area (Å²) in [5, 5.41) is 8.16. The van der Waals surface area contributed by atoms with Crippen LogP contribution in [0.25, 0.3) is 0 Å². The van der Waals surface area contributed by atoms with Crippen molar-refractivity contribution in [2.24, 2.45) is 0 Å². The Balaban J connectivity index is 1.33. The number of aromatic nitrogens is 1. The van der Waals surface area contributed by atoms with E-state index < -0.39 is 0 Å². The fraction of sp³-hybridized carbons (Fsp3) is 0.348. The zero-order chi connectivity index (χ0) is 21.0. The third-order valence-electron chi connectivity index (χ3n) is 5.79. The molecule has 2 aromatic heterocycles. The first kappa shape index (κ1) is 20.3. The van der Waals surface area contributed by atoms with E-state index in [1.165, 1.54) is 36.0 Å². The SMILES string of the molecule is Cc1occc1C(=O)Nc1nc(CC(=O)NCC2(c3ccccc3)CCCC2)cs1. The molecule has 7 heteroatoms. The minimum absolute atomic E-state index is 0.0284. The molecule has 2 N–H and O–H groups in total. The highest BCUT2D eigenvalue weighted by Gasteiger charge is 2.35. The van der Waals surface area contributed by atoms with Gasteiger partial charge in [-0.05, 0) is 31.4 Å². The Morgan fingerprint density at radius 2 is 1.93 bits per heavy atom. The van der Waals surface area contributed by atoms with E-state index >= 15 is 0 Å². The molecular formula is C23H25N3O3S. The number of carbonyl (C=O) groups is 2. The maximum absolute atomic E-state index is 12.6. The standard InChI is InChI=1S/C23H25N3O3S/c1-16-19(9-12-29-16)21(28)26-22-25-18(14-30-22)13-20(27)24-15-23(10-5-6-11-23)17-7-3-2-4-8-17/h2-4,7-9,12,14H,5-6,10-11,13,15H2,1H3,(H,24,27)(H,25,26,28). The molecular weight excluding hydrogens is 398 g/mol. The molecule has 4 rings (SSSR count). The number of anilines is 1. The van der Waals surface area contributed by atoms with Crippen molar-refractivity contribution in [3.63, 3.8) is 0 Å². The van der Waals surface area contributed by atoms with Gasteiger partial charge in [0, 0.05) is 17.3 Å². The molecule has 2 heterocycles. The third kappa shape index (κ3) is 4.46. The quantitative estimate of drug-likeness (QED) is 0.587. The van der Waals surface area contributed by atoms with E-state index in [2.05, 4.69) is 39.9 Å². The van der Waals surface area contributed by atoms with Crippen molar-refractivity contribution < 1.29 is 14.0 Å². The molecule has 6 nitrogen and oxygen atoms in total. The van der Waals surface area contributed by atoms with Crippen LogP contribution in [0, 0.1) is 6.92 Å². The van der Waals surface area contributed by atoms with Gasteiger partial charge < -0.3 is 9.73 Å². The molecule has 0 unspecified atom stereocenters. The number of nitrogens with one attached hydrogen (secondary N) is 2. The summed E-state index contributed by atoms with van der Waals surface area (Å²) >= 11 is 1.31. The molecule has 2 amide bonds. The molecule has 0 radical (unpaired) electrons. The van der Waals surface area contributed by atoms with Gasteiger partial charge in [-0.3, -0.25) is 14.9 Å². The Kier molecular flexibility index (Phi) is 5.99. The van der Waals surface area contributed by atoms with Gasteiger partial charge in [0.15, 0.2) is 5.13 Å². The summed E-state index contributed by atoms with van der Waals surface area (Å²) in [5.74, 6) is 0.242. The van der Waals surface area contributed by atoms with Gasteiger partial charge in [-0.2, -0.15) is 0 Å². The molecule has 30 heavy (non-hydrogen) atoms. The van der Waals surface area contributed by atoms with Gasteiger partial charge in [0.1, 0.15) is 5.76 Å². The molecule has 1 aromatic carbocycles. The third-order valence-corrected chi connectivity index (χ3v) is 6.59. The van der Waals surface area contributed by atoms with Crippen LogP contribution in [-0.4, -0.2) is 23.3 Å². The minimum atomic E-state index is -0.266. The van der Waals surface area contributed by atoms with Crippen LogP contribution in [0.1, 0.15) is 53.1 Å². The Morgan fingerprint density at radius 3 is 2.63 bits per heavy atom. The molecule has 1 aliphatic carbocycles. The lowest BCUT2D eigenvalue weighted by molar-refractivity contribution is -0.120. The number of furan rings is 1. The Hall–Kier alpha value is -2.93. The number of aryl methyl sites for hydroxylation is 1. The first-order valence-corrected chi connectivity index (χ1v) is 11.1. The maximum atomic E-state index is 12.6. The van der Waals surface area contributed by atoms with Crippen LogP contribution < -0.4 is 10.6 Å². The molecule has 0 bridgehead atoms. The molecule has 0 saturated heterocycles.